The Morgan fingerprint density at radius 3 is 2.86 bits per heavy atom. The largest absolute Gasteiger partial charge is 0.396 e. The van der Waals surface area contributed by atoms with Gasteiger partial charge in [0.1, 0.15) is 5.82 Å². The predicted octanol–water partition coefficient (Wildman–Crippen LogP) is 2.12. The summed E-state index contributed by atoms with van der Waals surface area (Å²) in [5.74, 6) is -0.675. The molecule has 0 spiro atoms. The fourth-order valence-electron chi connectivity index (χ4n) is 3.30. The van der Waals surface area contributed by atoms with Crippen LogP contribution in [-0.4, -0.2) is 46.8 Å². The summed E-state index contributed by atoms with van der Waals surface area (Å²) in [7, 11) is 0. The van der Waals surface area contributed by atoms with Crippen LogP contribution in [0.1, 0.15) is 42.1 Å². The van der Waals surface area contributed by atoms with E-state index < -0.39 is 17.3 Å². The van der Waals surface area contributed by atoms with E-state index in [1.54, 1.807) is 17.9 Å². The Labute approximate surface area is 130 Å². The third-order valence-corrected chi connectivity index (χ3v) is 4.67. The molecule has 22 heavy (non-hydrogen) atoms. The van der Waals surface area contributed by atoms with Crippen molar-refractivity contribution in [3.8, 4) is 0 Å². The van der Waals surface area contributed by atoms with Gasteiger partial charge >= 0.3 is 0 Å². The van der Waals surface area contributed by atoms with Gasteiger partial charge in [-0.15, -0.1) is 0 Å². The van der Waals surface area contributed by atoms with Gasteiger partial charge in [0, 0.05) is 24.1 Å². The maximum atomic E-state index is 13.4. The molecule has 2 N–H and O–H groups in total. The van der Waals surface area contributed by atoms with E-state index in [1.807, 2.05) is 6.92 Å². The summed E-state index contributed by atoms with van der Waals surface area (Å²) < 4.78 is 13.4. The lowest BCUT2D eigenvalue weighted by molar-refractivity contribution is -0.0720. The molecule has 1 aliphatic heterocycles. The van der Waals surface area contributed by atoms with E-state index in [0.29, 0.717) is 31.5 Å². The second kappa shape index (κ2) is 6.75. The number of rotatable bonds is 4. The Morgan fingerprint density at radius 1 is 1.50 bits per heavy atom. The molecule has 0 radical (unpaired) electrons. The lowest BCUT2D eigenvalue weighted by Crippen LogP contribution is -2.55. The number of likely N-dealkylation sites (tertiary alicyclic amines) is 1. The Bertz CT molecular complexity index is 549. The van der Waals surface area contributed by atoms with Crippen molar-refractivity contribution in [1.29, 1.82) is 0 Å². The minimum Gasteiger partial charge on any atom is -0.396 e. The van der Waals surface area contributed by atoms with Gasteiger partial charge in [-0.25, -0.2) is 4.39 Å². The lowest BCUT2D eigenvalue weighted by atomic mass is 9.74. The van der Waals surface area contributed by atoms with E-state index in [-0.39, 0.29) is 12.5 Å². The number of hydrogen-bond donors (Lipinski definition) is 2. The molecule has 1 aromatic carbocycles. The van der Waals surface area contributed by atoms with Crippen LogP contribution in [0.2, 0.25) is 0 Å². The molecule has 1 amide bonds. The number of carbonyl (C=O) groups excluding carboxylic acids is 1. The molecule has 4 nitrogen and oxygen atoms in total. The van der Waals surface area contributed by atoms with Crippen LogP contribution in [0, 0.1) is 18.2 Å². The van der Waals surface area contributed by atoms with Crippen LogP contribution in [-0.2, 0) is 0 Å². The van der Waals surface area contributed by atoms with Crippen molar-refractivity contribution in [2.24, 2.45) is 5.41 Å². The maximum Gasteiger partial charge on any atom is 0.254 e. The highest BCUT2D eigenvalue weighted by Gasteiger charge is 2.43. The van der Waals surface area contributed by atoms with Crippen LogP contribution in [0.15, 0.2) is 18.2 Å². The number of aryl methyl sites for hydroxylation is 1. The van der Waals surface area contributed by atoms with Crippen LogP contribution in [0.4, 0.5) is 4.39 Å². The van der Waals surface area contributed by atoms with Crippen LogP contribution in [0.25, 0.3) is 0 Å². The summed E-state index contributed by atoms with van der Waals surface area (Å²) in [6.45, 7) is 4.32. The van der Waals surface area contributed by atoms with E-state index in [2.05, 4.69) is 0 Å². The van der Waals surface area contributed by atoms with Crippen LogP contribution < -0.4 is 0 Å². The molecule has 0 aromatic heterocycles. The minimum absolute atomic E-state index is 0.159. The van der Waals surface area contributed by atoms with E-state index >= 15 is 0 Å². The van der Waals surface area contributed by atoms with Gasteiger partial charge < -0.3 is 15.1 Å². The summed E-state index contributed by atoms with van der Waals surface area (Å²) in [6, 6.07) is 4.18. The molecule has 0 bridgehead atoms. The minimum atomic E-state index is -0.677. The fraction of sp³-hybridized carbons (Fsp3) is 0.588. The van der Waals surface area contributed by atoms with Crippen molar-refractivity contribution in [2.45, 2.75) is 39.2 Å². The average Bonchev–Trinajstić information content (AvgIpc) is 2.51. The molecule has 2 rings (SSSR count). The molecule has 122 valence electrons. The number of aliphatic hydroxyl groups is 2. The second-order valence-electron chi connectivity index (χ2n) is 6.26. The summed E-state index contributed by atoms with van der Waals surface area (Å²) >= 11 is 0. The summed E-state index contributed by atoms with van der Waals surface area (Å²) in [4.78, 5) is 14.3. The zero-order valence-corrected chi connectivity index (χ0v) is 13.2. The Hall–Kier alpha value is -1.46. The Kier molecular flexibility index (Phi) is 5.19. The molecule has 1 saturated heterocycles. The highest BCUT2D eigenvalue weighted by molar-refractivity contribution is 5.95. The van der Waals surface area contributed by atoms with Gasteiger partial charge in [0.25, 0.3) is 5.91 Å². The number of halogens is 1. The second-order valence-corrected chi connectivity index (χ2v) is 6.26. The maximum absolute atomic E-state index is 13.4. The van der Waals surface area contributed by atoms with Crippen molar-refractivity contribution < 1.29 is 19.4 Å². The molecule has 0 unspecified atom stereocenters. The molecule has 1 aromatic rings. The number of amides is 1. The van der Waals surface area contributed by atoms with Gasteiger partial charge in [0.15, 0.2) is 0 Å². The summed E-state index contributed by atoms with van der Waals surface area (Å²) in [5.41, 5.74) is 0.395. The number of carbonyl (C=O) groups is 1. The number of nitrogens with zero attached hydrogens (tertiary/aromatic N) is 1. The number of piperidine rings is 1. The molecule has 1 aliphatic rings. The van der Waals surface area contributed by atoms with Crippen LogP contribution >= 0.6 is 0 Å². The van der Waals surface area contributed by atoms with E-state index in [9.17, 15) is 19.4 Å². The predicted molar refractivity (Wildman–Crippen MR) is 82.1 cm³/mol. The molecule has 1 heterocycles. The van der Waals surface area contributed by atoms with Crippen molar-refractivity contribution in [3.63, 3.8) is 0 Å². The van der Waals surface area contributed by atoms with Gasteiger partial charge in [-0.05, 0) is 37.5 Å². The average molecular weight is 309 g/mol. The molecule has 0 saturated carbocycles. The quantitative estimate of drug-likeness (QED) is 0.895. The molecule has 0 aliphatic carbocycles. The number of aliphatic hydroxyl groups excluding tert-OH is 2. The number of hydrogen-bond acceptors (Lipinski definition) is 3. The first kappa shape index (κ1) is 16.9. The number of benzene rings is 1. The van der Waals surface area contributed by atoms with Crippen molar-refractivity contribution >= 4 is 5.91 Å². The van der Waals surface area contributed by atoms with Gasteiger partial charge in [0.05, 0.1) is 12.7 Å². The lowest BCUT2D eigenvalue weighted by Gasteiger charge is -2.45. The monoisotopic (exact) mass is 309 g/mol. The third-order valence-electron chi connectivity index (χ3n) is 4.67. The molecular weight excluding hydrogens is 285 g/mol. The first-order chi connectivity index (χ1) is 10.4. The first-order valence-electron chi connectivity index (χ1n) is 7.78. The van der Waals surface area contributed by atoms with Crippen molar-refractivity contribution in [3.05, 3.63) is 35.1 Å². The topological polar surface area (TPSA) is 60.8 Å². The van der Waals surface area contributed by atoms with Gasteiger partial charge in [0.2, 0.25) is 0 Å². The highest BCUT2D eigenvalue weighted by Crippen LogP contribution is 2.35. The first-order valence-corrected chi connectivity index (χ1v) is 7.78. The molecular formula is C17H24FNO3. The van der Waals surface area contributed by atoms with E-state index in [1.165, 1.54) is 12.1 Å². The molecule has 1 fully saturated rings. The third kappa shape index (κ3) is 3.15. The summed E-state index contributed by atoms with van der Waals surface area (Å²) in [5, 5.41) is 20.0. The molecule has 5 heteroatoms. The summed E-state index contributed by atoms with van der Waals surface area (Å²) in [6.07, 6.45) is 1.28. The highest BCUT2D eigenvalue weighted by atomic mass is 19.1. The smallest absolute Gasteiger partial charge is 0.254 e. The SMILES string of the molecule is CCC[C@@]1(CO)CN(C(=O)c2cc(F)ccc2C)CC[C@@H]1O. The zero-order chi connectivity index (χ0) is 16.3. The van der Waals surface area contributed by atoms with Crippen LogP contribution in [0.3, 0.4) is 0 Å². The van der Waals surface area contributed by atoms with Gasteiger partial charge in [-0.1, -0.05) is 19.4 Å². The van der Waals surface area contributed by atoms with Gasteiger partial charge in [-0.3, -0.25) is 4.79 Å². The van der Waals surface area contributed by atoms with Crippen LogP contribution in [0.5, 0.6) is 0 Å². The standard InChI is InChI=1S/C17H24FNO3/c1-3-7-17(11-20)10-19(8-6-15(17)21)16(22)14-9-13(18)5-4-12(14)2/h4-5,9,15,20-21H,3,6-8,10-11H2,1-2H3/t15-,17-/m0/s1. The molecule has 2 atom stereocenters. The van der Waals surface area contributed by atoms with Gasteiger partial charge in [-0.2, -0.15) is 0 Å². The van der Waals surface area contributed by atoms with E-state index in [4.69, 9.17) is 0 Å². The van der Waals surface area contributed by atoms with Crippen molar-refractivity contribution in [2.75, 3.05) is 19.7 Å². The Balaban J connectivity index is 2.25. The Morgan fingerprint density at radius 2 is 2.23 bits per heavy atom. The fourth-order valence-corrected chi connectivity index (χ4v) is 3.30. The van der Waals surface area contributed by atoms with E-state index in [0.717, 1.165) is 12.0 Å². The zero-order valence-electron chi connectivity index (χ0n) is 13.2. The normalized spacial score (nSPS) is 25.3. The van der Waals surface area contributed by atoms with Crippen molar-refractivity contribution in [1.82, 2.24) is 4.90 Å².